The number of hydrogen-bond donors (Lipinski definition) is 0. The normalized spacial score (nSPS) is 13.8. The van der Waals surface area contributed by atoms with Crippen LogP contribution in [-0.4, -0.2) is 32.4 Å². The molecule has 10 heteroatoms. The molecule has 0 radical (unpaired) electrons. The molecule has 0 spiro atoms. The van der Waals surface area contributed by atoms with Crippen LogP contribution in [-0.2, 0) is 26.1 Å². The number of benzene rings is 2. The van der Waals surface area contributed by atoms with Crippen molar-refractivity contribution in [1.29, 1.82) is 0 Å². The van der Waals surface area contributed by atoms with Crippen LogP contribution >= 0.6 is 11.3 Å². The Kier molecular flexibility index (Phi) is 5.05. The van der Waals surface area contributed by atoms with Gasteiger partial charge in [-0.15, -0.1) is 4.40 Å². The van der Waals surface area contributed by atoms with Crippen molar-refractivity contribution in [2.24, 2.45) is 4.40 Å². The van der Waals surface area contributed by atoms with Crippen LogP contribution in [0.2, 0.25) is 0 Å². The van der Waals surface area contributed by atoms with Crippen molar-refractivity contribution >= 4 is 37.5 Å². The second-order valence-electron chi connectivity index (χ2n) is 6.33. The molecule has 0 bridgehead atoms. The molecule has 0 saturated heterocycles. The molecule has 4 rings (SSSR count). The van der Waals surface area contributed by atoms with Crippen LogP contribution in [0.5, 0.6) is 11.5 Å². The van der Waals surface area contributed by atoms with Crippen LogP contribution in [0.3, 0.4) is 0 Å². The Labute approximate surface area is 171 Å². The maximum Gasteiger partial charge on any atom is 0.326 e. The predicted molar refractivity (Wildman–Crippen MR) is 106 cm³/mol. The number of sulfonamides is 1. The largest absolute Gasteiger partial charge is 0.465 e. The Bertz CT molecular complexity index is 1260. The van der Waals surface area contributed by atoms with Gasteiger partial charge in [0, 0.05) is 12.1 Å². The minimum atomic E-state index is -3.96. The number of aryl methyl sites for hydroxylation is 1. The highest BCUT2D eigenvalue weighted by Gasteiger charge is 2.20. The first-order valence-corrected chi connectivity index (χ1v) is 11.1. The fourth-order valence-electron chi connectivity index (χ4n) is 2.88. The van der Waals surface area contributed by atoms with Crippen molar-refractivity contribution in [2.45, 2.75) is 25.3 Å². The van der Waals surface area contributed by atoms with E-state index in [9.17, 15) is 13.2 Å². The van der Waals surface area contributed by atoms with E-state index in [2.05, 4.69) is 4.40 Å². The Morgan fingerprint density at radius 1 is 1.21 bits per heavy atom. The molecule has 2 aromatic carbocycles. The Morgan fingerprint density at radius 2 is 1.90 bits per heavy atom. The minimum Gasteiger partial charge on any atom is -0.465 e. The number of rotatable bonds is 5. The van der Waals surface area contributed by atoms with E-state index in [1.165, 1.54) is 16.7 Å². The van der Waals surface area contributed by atoms with Crippen LogP contribution in [0.25, 0.3) is 10.2 Å². The Balaban J connectivity index is 1.89. The van der Waals surface area contributed by atoms with Crippen LogP contribution in [0.15, 0.2) is 45.7 Å². The SMILES string of the molecule is CCOC(=O)Cn1/c(=N/S(=O)(=O)c2ccc(C)cc2)sc2cc3c(cc21)OCO3. The smallest absolute Gasteiger partial charge is 0.326 e. The molecule has 0 amide bonds. The minimum absolute atomic E-state index is 0.0809. The number of esters is 1. The zero-order valence-corrected chi connectivity index (χ0v) is 17.4. The molecule has 2 heterocycles. The summed E-state index contributed by atoms with van der Waals surface area (Å²) in [4.78, 5) is 12.4. The molecule has 152 valence electrons. The number of nitrogens with zero attached hydrogens (tertiary/aromatic N) is 2. The molecule has 0 unspecified atom stereocenters. The summed E-state index contributed by atoms with van der Waals surface area (Å²) in [5.74, 6) is 0.606. The highest BCUT2D eigenvalue weighted by atomic mass is 32.2. The average Bonchev–Trinajstić information content (AvgIpc) is 3.24. The fourth-order valence-corrected chi connectivity index (χ4v) is 5.13. The Hall–Kier alpha value is -2.85. The fraction of sp³-hybridized carbons (Fsp3) is 0.263. The van der Waals surface area contributed by atoms with E-state index in [4.69, 9.17) is 14.2 Å². The molecule has 0 aliphatic carbocycles. The number of carbonyl (C=O) groups excluding carboxylic acids is 1. The van der Waals surface area contributed by atoms with E-state index < -0.39 is 16.0 Å². The number of carbonyl (C=O) groups is 1. The van der Waals surface area contributed by atoms with Gasteiger partial charge in [0.05, 0.1) is 21.7 Å². The highest BCUT2D eigenvalue weighted by Crippen LogP contribution is 2.37. The third kappa shape index (κ3) is 3.85. The van der Waals surface area contributed by atoms with E-state index in [0.717, 1.165) is 21.6 Å². The van der Waals surface area contributed by atoms with E-state index in [1.54, 1.807) is 31.2 Å². The van der Waals surface area contributed by atoms with Crippen molar-refractivity contribution in [3.05, 3.63) is 46.8 Å². The molecule has 29 heavy (non-hydrogen) atoms. The van der Waals surface area contributed by atoms with Crippen molar-refractivity contribution in [1.82, 2.24) is 4.57 Å². The molecule has 1 aliphatic heterocycles. The predicted octanol–water partition coefficient (Wildman–Crippen LogP) is 2.59. The molecule has 1 aromatic heterocycles. The second kappa shape index (κ2) is 7.53. The summed E-state index contributed by atoms with van der Waals surface area (Å²) in [5, 5.41) is 0. The highest BCUT2D eigenvalue weighted by molar-refractivity contribution is 7.90. The maximum atomic E-state index is 12.8. The molecule has 0 saturated carbocycles. The third-order valence-corrected chi connectivity index (χ3v) is 6.72. The second-order valence-corrected chi connectivity index (χ2v) is 8.94. The molecule has 0 fully saturated rings. The molecule has 8 nitrogen and oxygen atoms in total. The van der Waals surface area contributed by atoms with E-state index in [0.29, 0.717) is 17.0 Å². The first-order chi connectivity index (χ1) is 13.9. The third-order valence-electron chi connectivity index (χ3n) is 4.29. The summed E-state index contributed by atoms with van der Waals surface area (Å²) >= 11 is 1.15. The van der Waals surface area contributed by atoms with Gasteiger partial charge in [-0.05, 0) is 26.0 Å². The van der Waals surface area contributed by atoms with Gasteiger partial charge in [0.2, 0.25) is 11.6 Å². The Morgan fingerprint density at radius 3 is 2.59 bits per heavy atom. The van der Waals surface area contributed by atoms with E-state index in [1.807, 2.05) is 6.92 Å². The van der Waals surface area contributed by atoms with Gasteiger partial charge >= 0.3 is 5.97 Å². The van der Waals surface area contributed by atoms with Gasteiger partial charge < -0.3 is 18.8 Å². The van der Waals surface area contributed by atoms with E-state index in [-0.39, 0.29) is 29.6 Å². The standard InChI is InChI=1S/C19H18N2O6S2/c1-3-25-18(22)10-21-14-8-15-16(27-11-26-15)9-17(14)28-19(21)20-29(23,24)13-6-4-12(2)5-7-13/h4-9H,3,10-11H2,1-2H3/b20-19-. The van der Waals surface area contributed by atoms with Gasteiger partial charge in [-0.3, -0.25) is 4.79 Å². The number of thiazole rings is 1. The molecule has 0 atom stereocenters. The number of hydrogen-bond acceptors (Lipinski definition) is 7. The van der Waals surface area contributed by atoms with Crippen molar-refractivity contribution < 1.29 is 27.4 Å². The van der Waals surface area contributed by atoms with Gasteiger partial charge in [-0.25, -0.2) is 0 Å². The lowest BCUT2D eigenvalue weighted by Crippen LogP contribution is -2.23. The quantitative estimate of drug-likeness (QED) is 0.573. The van der Waals surface area contributed by atoms with Crippen molar-refractivity contribution in [2.75, 3.05) is 13.4 Å². The lowest BCUT2D eigenvalue weighted by Gasteiger charge is -2.06. The number of ether oxygens (including phenoxy) is 3. The zero-order chi connectivity index (χ0) is 20.6. The maximum absolute atomic E-state index is 12.8. The van der Waals surface area contributed by atoms with Gasteiger partial charge in [-0.2, -0.15) is 8.42 Å². The van der Waals surface area contributed by atoms with Crippen LogP contribution in [0, 0.1) is 6.92 Å². The summed E-state index contributed by atoms with van der Waals surface area (Å²) < 4.78 is 47.7. The summed E-state index contributed by atoms with van der Waals surface area (Å²) in [6, 6.07) is 9.89. The van der Waals surface area contributed by atoms with Crippen LogP contribution in [0.4, 0.5) is 0 Å². The number of aromatic nitrogens is 1. The topological polar surface area (TPSA) is 96.2 Å². The van der Waals surface area contributed by atoms with Gasteiger partial charge in [0.15, 0.2) is 11.5 Å². The average molecular weight is 434 g/mol. The number of fused-ring (bicyclic) bond motifs is 2. The van der Waals surface area contributed by atoms with Crippen LogP contribution in [0.1, 0.15) is 12.5 Å². The van der Waals surface area contributed by atoms with Crippen molar-refractivity contribution in [3.63, 3.8) is 0 Å². The van der Waals surface area contributed by atoms with Crippen LogP contribution < -0.4 is 14.3 Å². The molecular weight excluding hydrogens is 416 g/mol. The van der Waals surface area contributed by atoms with Gasteiger partial charge in [0.25, 0.3) is 10.0 Å². The summed E-state index contributed by atoms with van der Waals surface area (Å²) in [6.07, 6.45) is 0. The summed E-state index contributed by atoms with van der Waals surface area (Å²) in [7, 11) is -3.96. The van der Waals surface area contributed by atoms with Crippen molar-refractivity contribution in [3.8, 4) is 11.5 Å². The van der Waals surface area contributed by atoms with Gasteiger partial charge in [0.1, 0.15) is 6.54 Å². The zero-order valence-electron chi connectivity index (χ0n) is 15.7. The molecule has 3 aromatic rings. The summed E-state index contributed by atoms with van der Waals surface area (Å²) in [6.45, 7) is 3.75. The lowest BCUT2D eigenvalue weighted by molar-refractivity contribution is -0.143. The lowest BCUT2D eigenvalue weighted by atomic mass is 10.2. The molecule has 0 N–H and O–H groups in total. The molecular formula is C19H18N2O6S2. The van der Waals surface area contributed by atoms with Gasteiger partial charge in [-0.1, -0.05) is 29.0 Å². The summed E-state index contributed by atoms with van der Waals surface area (Å²) in [5.41, 5.74) is 1.56. The van der Waals surface area contributed by atoms with E-state index >= 15 is 0 Å². The first-order valence-electron chi connectivity index (χ1n) is 8.83. The first kappa shape index (κ1) is 19.5. The molecule has 1 aliphatic rings. The monoisotopic (exact) mass is 434 g/mol.